The van der Waals surface area contributed by atoms with Crippen LogP contribution in [0.5, 0.6) is 0 Å². The number of aromatic nitrogens is 4. The Morgan fingerprint density at radius 1 is 0.784 bits per heavy atom. The molecule has 2 aromatic heterocycles. The van der Waals surface area contributed by atoms with Gasteiger partial charge in [0.2, 0.25) is 5.95 Å². The van der Waals surface area contributed by atoms with Gasteiger partial charge >= 0.3 is 6.18 Å². The molecule has 0 fully saturated rings. The monoisotopic (exact) mass is 525 g/mol. The Morgan fingerprint density at radius 2 is 1.49 bits per heavy atom. The Kier molecular flexibility index (Phi) is 7.41. The van der Waals surface area contributed by atoms with Crippen molar-refractivity contribution in [3.05, 3.63) is 103 Å². The second-order valence-corrected chi connectivity index (χ2v) is 8.92. The SMILES string of the molecule is FC(F)(F)c1ccc(Nc2ncnc(-c3cccc4cccnc34)n2)cc1.O=S(=O)(O)c1ccccc1. The minimum atomic E-state index is -4.37. The topological polar surface area (TPSA) is 118 Å². The minimum Gasteiger partial charge on any atom is -0.324 e. The number of benzene rings is 3. The highest BCUT2D eigenvalue weighted by molar-refractivity contribution is 7.85. The zero-order valence-corrected chi connectivity index (χ0v) is 19.6. The van der Waals surface area contributed by atoms with Crippen molar-refractivity contribution in [3.8, 4) is 11.4 Å². The molecule has 8 nitrogen and oxygen atoms in total. The number of rotatable bonds is 4. The van der Waals surface area contributed by atoms with E-state index in [1.54, 1.807) is 24.4 Å². The minimum absolute atomic E-state index is 0.0741. The van der Waals surface area contributed by atoms with Crippen molar-refractivity contribution in [2.45, 2.75) is 11.1 Å². The van der Waals surface area contributed by atoms with Crippen LogP contribution in [0.4, 0.5) is 24.8 Å². The second-order valence-electron chi connectivity index (χ2n) is 7.50. The summed E-state index contributed by atoms with van der Waals surface area (Å²) in [5, 5.41) is 3.84. The van der Waals surface area contributed by atoms with Crippen LogP contribution in [0.3, 0.4) is 0 Å². The van der Waals surface area contributed by atoms with Gasteiger partial charge in [-0.15, -0.1) is 0 Å². The Morgan fingerprint density at radius 3 is 2.14 bits per heavy atom. The lowest BCUT2D eigenvalue weighted by Crippen LogP contribution is -2.05. The van der Waals surface area contributed by atoms with Crippen LogP contribution in [0, 0.1) is 0 Å². The molecule has 0 aliphatic carbocycles. The molecule has 5 aromatic rings. The zero-order chi connectivity index (χ0) is 26.5. The fourth-order valence-corrected chi connectivity index (χ4v) is 3.74. The summed E-state index contributed by atoms with van der Waals surface area (Å²) in [5.74, 6) is 0.649. The predicted molar refractivity (Wildman–Crippen MR) is 132 cm³/mol. The molecule has 0 unspecified atom stereocenters. The summed E-state index contributed by atoms with van der Waals surface area (Å²) in [6.45, 7) is 0. The van der Waals surface area contributed by atoms with E-state index in [9.17, 15) is 21.6 Å². The highest BCUT2D eigenvalue weighted by atomic mass is 32.2. The summed E-state index contributed by atoms with van der Waals surface area (Å²) < 4.78 is 67.2. The maximum absolute atomic E-state index is 12.7. The lowest BCUT2D eigenvalue weighted by atomic mass is 10.1. The van der Waals surface area contributed by atoms with E-state index in [1.165, 1.54) is 30.6 Å². The van der Waals surface area contributed by atoms with Gasteiger partial charge in [0.05, 0.1) is 16.0 Å². The summed E-state index contributed by atoms with van der Waals surface area (Å²) >= 11 is 0. The van der Waals surface area contributed by atoms with Crippen LogP contribution in [0.2, 0.25) is 0 Å². The van der Waals surface area contributed by atoms with Gasteiger partial charge in [0, 0.05) is 22.8 Å². The number of halogens is 3. The fraction of sp³-hybridized carbons (Fsp3) is 0.0400. The molecule has 0 amide bonds. The summed E-state index contributed by atoms with van der Waals surface area (Å²) in [4.78, 5) is 16.9. The van der Waals surface area contributed by atoms with Crippen LogP contribution in [-0.4, -0.2) is 32.9 Å². The van der Waals surface area contributed by atoms with Crippen molar-refractivity contribution in [2.24, 2.45) is 0 Å². The van der Waals surface area contributed by atoms with E-state index >= 15 is 0 Å². The molecule has 0 radical (unpaired) electrons. The first-order valence-electron chi connectivity index (χ1n) is 10.6. The number of nitrogens with one attached hydrogen (secondary N) is 1. The van der Waals surface area contributed by atoms with Crippen LogP contribution in [0.25, 0.3) is 22.3 Å². The normalized spacial score (nSPS) is 11.5. The predicted octanol–water partition coefficient (Wildman–Crippen LogP) is 5.78. The van der Waals surface area contributed by atoms with E-state index in [4.69, 9.17) is 4.55 Å². The van der Waals surface area contributed by atoms with Gasteiger partial charge in [0.1, 0.15) is 6.33 Å². The average molecular weight is 526 g/mol. The van der Waals surface area contributed by atoms with E-state index in [0.717, 1.165) is 28.6 Å². The molecular weight excluding hydrogens is 507 g/mol. The van der Waals surface area contributed by atoms with Gasteiger partial charge in [-0.2, -0.15) is 26.6 Å². The Balaban J connectivity index is 0.000000270. The third-order valence-electron chi connectivity index (χ3n) is 4.95. The number of alkyl halides is 3. The van der Waals surface area contributed by atoms with Gasteiger partial charge < -0.3 is 5.32 Å². The smallest absolute Gasteiger partial charge is 0.324 e. The lowest BCUT2D eigenvalue weighted by Gasteiger charge is -2.09. The van der Waals surface area contributed by atoms with Crippen molar-refractivity contribution in [3.63, 3.8) is 0 Å². The van der Waals surface area contributed by atoms with E-state index in [1.807, 2.05) is 30.3 Å². The van der Waals surface area contributed by atoms with Gasteiger partial charge in [-0.1, -0.05) is 36.4 Å². The zero-order valence-electron chi connectivity index (χ0n) is 18.8. The molecule has 0 bridgehead atoms. The summed E-state index contributed by atoms with van der Waals surface area (Å²) in [7, 11) is -4.00. The highest BCUT2D eigenvalue weighted by Crippen LogP contribution is 2.30. The molecular formula is C25H18F3N5O3S. The largest absolute Gasteiger partial charge is 0.416 e. The lowest BCUT2D eigenvalue weighted by molar-refractivity contribution is -0.137. The number of pyridine rings is 1. The molecule has 0 spiro atoms. The molecule has 0 aliphatic heterocycles. The molecule has 3 aromatic carbocycles. The van der Waals surface area contributed by atoms with E-state index < -0.39 is 21.9 Å². The maximum atomic E-state index is 12.7. The first kappa shape index (κ1) is 25.7. The Bertz CT molecular complexity index is 1610. The third kappa shape index (κ3) is 6.63. The van der Waals surface area contributed by atoms with Crippen LogP contribution < -0.4 is 5.32 Å². The molecule has 0 saturated carbocycles. The average Bonchev–Trinajstić information content (AvgIpc) is 2.89. The van der Waals surface area contributed by atoms with Gasteiger partial charge in [-0.25, -0.2) is 9.97 Å². The molecule has 37 heavy (non-hydrogen) atoms. The van der Waals surface area contributed by atoms with Crippen molar-refractivity contribution >= 4 is 32.7 Å². The molecule has 0 atom stereocenters. The van der Waals surface area contributed by atoms with Crippen molar-refractivity contribution < 1.29 is 26.1 Å². The van der Waals surface area contributed by atoms with Crippen molar-refractivity contribution in [1.29, 1.82) is 0 Å². The third-order valence-corrected chi connectivity index (χ3v) is 5.82. The first-order chi connectivity index (χ1) is 17.6. The maximum Gasteiger partial charge on any atom is 0.416 e. The van der Waals surface area contributed by atoms with E-state index in [-0.39, 0.29) is 10.8 Å². The van der Waals surface area contributed by atoms with Gasteiger partial charge in [0.25, 0.3) is 10.1 Å². The van der Waals surface area contributed by atoms with E-state index in [2.05, 4.69) is 25.3 Å². The number of fused-ring (bicyclic) bond motifs is 1. The molecule has 12 heteroatoms. The summed E-state index contributed by atoms with van der Waals surface area (Å²) in [5.41, 5.74) is 1.22. The first-order valence-corrected chi connectivity index (χ1v) is 12.1. The van der Waals surface area contributed by atoms with Crippen molar-refractivity contribution in [2.75, 3.05) is 5.32 Å². The van der Waals surface area contributed by atoms with E-state index in [0.29, 0.717) is 11.5 Å². The molecule has 5 rings (SSSR count). The number of hydrogen-bond donors (Lipinski definition) is 2. The molecule has 0 saturated heterocycles. The number of para-hydroxylation sites is 1. The summed E-state index contributed by atoms with van der Waals surface area (Å²) in [6, 6.07) is 21.5. The van der Waals surface area contributed by atoms with Crippen LogP contribution in [0.1, 0.15) is 5.56 Å². The number of hydrogen-bond acceptors (Lipinski definition) is 7. The number of anilines is 2. The Hall–Kier alpha value is -4.42. The van der Waals surface area contributed by atoms with Crippen molar-refractivity contribution in [1.82, 2.24) is 19.9 Å². The molecule has 188 valence electrons. The second kappa shape index (κ2) is 10.7. The highest BCUT2D eigenvalue weighted by Gasteiger charge is 2.29. The van der Waals surface area contributed by atoms with Gasteiger partial charge in [-0.3, -0.25) is 9.54 Å². The summed E-state index contributed by atoms with van der Waals surface area (Å²) in [6.07, 6.45) is -1.34. The number of nitrogens with zero attached hydrogens (tertiary/aromatic N) is 4. The van der Waals surface area contributed by atoms with Crippen LogP contribution >= 0.6 is 0 Å². The molecule has 0 aliphatic rings. The standard InChI is InChI=1S/C19H12F3N5.C6H6O3S/c20-19(21,22)13-6-8-14(9-7-13)26-18-25-11-24-17(27-18)15-5-1-3-12-4-2-10-23-16(12)15;7-10(8,9)6-4-2-1-3-5-6/h1-11H,(H,24,25,26,27);1-5H,(H,7,8,9). The van der Waals surface area contributed by atoms with Crippen LogP contribution in [-0.2, 0) is 16.3 Å². The van der Waals surface area contributed by atoms with Gasteiger partial charge in [0.15, 0.2) is 5.82 Å². The fourth-order valence-electron chi connectivity index (χ4n) is 3.24. The molecule has 2 heterocycles. The van der Waals surface area contributed by atoms with Gasteiger partial charge in [-0.05, 0) is 48.5 Å². The molecule has 2 N–H and O–H groups in total. The van der Waals surface area contributed by atoms with Crippen LogP contribution in [0.15, 0.2) is 102 Å². The quantitative estimate of drug-likeness (QED) is 0.284. The Labute approximate surface area is 209 Å².